The van der Waals surface area contributed by atoms with E-state index in [9.17, 15) is 9.59 Å². The maximum absolute atomic E-state index is 13.5. The number of para-hydroxylation sites is 2. The highest BCUT2D eigenvalue weighted by Crippen LogP contribution is 2.37. The van der Waals surface area contributed by atoms with Gasteiger partial charge in [0.1, 0.15) is 11.9 Å². The van der Waals surface area contributed by atoms with E-state index in [0.717, 1.165) is 23.4 Å². The highest BCUT2D eigenvalue weighted by molar-refractivity contribution is 8.15. The Kier molecular flexibility index (Phi) is 5.37. The first-order valence-corrected chi connectivity index (χ1v) is 12.0. The highest BCUT2D eigenvalue weighted by atomic mass is 32.2. The van der Waals surface area contributed by atoms with Gasteiger partial charge in [-0.1, -0.05) is 62.9 Å². The lowest BCUT2D eigenvalue weighted by Crippen LogP contribution is -2.44. The first-order chi connectivity index (χ1) is 15.5. The fraction of sp³-hybridized carbons (Fsp3) is 0.360. The minimum absolute atomic E-state index is 0.0644. The van der Waals surface area contributed by atoms with Crippen LogP contribution >= 0.6 is 11.8 Å². The maximum atomic E-state index is 13.5. The van der Waals surface area contributed by atoms with E-state index in [1.165, 1.54) is 17.3 Å². The van der Waals surface area contributed by atoms with Crippen LogP contribution in [0.1, 0.15) is 38.3 Å². The van der Waals surface area contributed by atoms with Crippen LogP contribution in [0.25, 0.3) is 0 Å². The summed E-state index contributed by atoms with van der Waals surface area (Å²) in [6, 6.07) is 15.4. The van der Waals surface area contributed by atoms with Crippen LogP contribution in [0.2, 0.25) is 0 Å². The Morgan fingerprint density at radius 1 is 1.16 bits per heavy atom. The third-order valence-electron chi connectivity index (χ3n) is 6.18. The van der Waals surface area contributed by atoms with Crippen LogP contribution in [0.3, 0.4) is 0 Å². The van der Waals surface area contributed by atoms with E-state index in [4.69, 9.17) is 9.98 Å². The number of amides is 2. The molecular weight excluding hydrogens is 420 g/mol. The van der Waals surface area contributed by atoms with Crippen molar-refractivity contribution in [3.63, 3.8) is 0 Å². The number of carbonyl (C=O) groups excluding carboxylic acids is 2. The van der Waals surface area contributed by atoms with E-state index in [1.54, 1.807) is 4.90 Å². The summed E-state index contributed by atoms with van der Waals surface area (Å²) in [4.78, 5) is 39.9. The molecule has 6 nitrogen and oxygen atoms in total. The molecule has 164 valence electrons. The second-order valence-corrected chi connectivity index (χ2v) is 9.78. The van der Waals surface area contributed by atoms with Crippen LogP contribution < -0.4 is 4.90 Å². The number of hydrogen-bond acceptors (Lipinski definition) is 5. The van der Waals surface area contributed by atoms with E-state index in [-0.39, 0.29) is 23.0 Å². The van der Waals surface area contributed by atoms with Crippen molar-refractivity contribution in [2.75, 3.05) is 11.4 Å². The Morgan fingerprint density at radius 3 is 2.69 bits per heavy atom. The van der Waals surface area contributed by atoms with Gasteiger partial charge in [-0.3, -0.25) is 14.6 Å². The zero-order valence-corrected chi connectivity index (χ0v) is 19.3. The molecule has 3 aliphatic rings. The van der Waals surface area contributed by atoms with Crippen LogP contribution in [-0.4, -0.2) is 45.6 Å². The van der Waals surface area contributed by atoms with Crippen molar-refractivity contribution in [2.24, 2.45) is 15.9 Å². The Hall–Kier alpha value is -2.93. The molecule has 7 heteroatoms. The lowest BCUT2D eigenvalue weighted by molar-refractivity contribution is -0.125. The molecule has 2 atom stereocenters. The SMILES string of the molecule is CC[C@H](SC1=Nc2ccccc2C2=N[C@@H](C(C)C)C(=O)N12)C(=O)N1CCc2ccccc21. The summed E-state index contributed by atoms with van der Waals surface area (Å²) in [5.41, 5.74) is 3.85. The van der Waals surface area contributed by atoms with Crippen LogP contribution in [0, 0.1) is 5.92 Å². The predicted octanol–water partition coefficient (Wildman–Crippen LogP) is 4.40. The largest absolute Gasteiger partial charge is 0.311 e. The number of thioether (sulfide) groups is 1. The first kappa shape index (κ1) is 20.9. The van der Waals surface area contributed by atoms with Crippen molar-refractivity contribution < 1.29 is 9.59 Å². The van der Waals surface area contributed by atoms with Gasteiger partial charge in [-0.05, 0) is 42.5 Å². The van der Waals surface area contributed by atoms with Crippen molar-refractivity contribution in [3.05, 3.63) is 59.7 Å². The number of carbonyl (C=O) groups is 2. The van der Waals surface area contributed by atoms with Gasteiger partial charge >= 0.3 is 0 Å². The van der Waals surface area contributed by atoms with Crippen molar-refractivity contribution in [1.29, 1.82) is 0 Å². The summed E-state index contributed by atoms with van der Waals surface area (Å²) < 4.78 is 0. The van der Waals surface area contributed by atoms with Gasteiger partial charge in [0.2, 0.25) is 5.91 Å². The predicted molar refractivity (Wildman–Crippen MR) is 130 cm³/mol. The zero-order chi connectivity index (χ0) is 22.4. The van der Waals surface area contributed by atoms with Crippen LogP contribution in [-0.2, 0) is 16.0 Å². The molecule has 3 heterocycles. The minimum atomic E-state index is -0.428. The molecule has 2 amide bonds. The second kappa shape index (κ2) is 8.20. The molecule has 0 saturated carbocycles. The number of aliphatic imine (C=N–C) groups is 2. The molecule has 5 rings (SSSR count). The van der Waals surface area contributed by atoms with Gasteiger partial charge in [-0.2, -0.15) is 0 Å². The Labute approximate surface area is 192 Å². The maximum Gasteiger partial charge on any atom is 0.259 e. The van der Waals surface area contributed by atoms with Gasteiger partial charge in [0.05, 0.1) is 10.9 Å². The van der Waals surface area contributed by atoms with Gasteiger partial charge in [0, 0.05) is 17.8 Å². The number of fused-ring (bicyclic) bond motifs is 4. The standard InChI is InChI=1S/C25H26N4O2S/c1-4-20(23(30)28-14-13-16-9-5-8-12-19(16)28)32-25-26-18-11-7-6-10-17(18)22-27-21(15(2)3)24(31)29(22)25/h5-12,15,20-21H,4,13-14H2,1-3H3/t20-,21-/m0/s1. The van der Waals surface area contributed by atoms with Gasteiger partial charge < -0.3 is 4.90 Å². The van der Waals surface area contributed by atoms with Crippen molar-refractivity contribution in [3.8, 4) is 0 Å². The smallest absolute Gasteiger partial charge is 0.259 e. The van der Waals surface area contributed by atoms with Crippen molar-refractivity contribution in [1.82, 2.24) is 4.90 Å². The molecule has 0 bridgehead atoms. The molecule has 0 aliphatic carbocycles. The van der Waals surface area contributed by atoms with E-state index in [2.05, 4.69) is 6.07 Å². The monoisotopic (exact) mass is 446 g/mol. The fourth-order valence-electron chi connectivity index (χ4n) is 4.46. The molecule has 0 fully saturated rings. The van der Waals surface area contributed by atoms with Crippen LogP contribution in [0.15, 0.2) is 58.5 Å². The molecule has 0 N–H and O–H groups in total. The van der Waals surface area contributed by atoms with E-state index >= 15 is 0 Å². The van der Waals surface area contributed by atoms with Gasteiger partial charge in [-0.25, -0.2) is 9.89 Å². The van der Waals surface area contributed by atoms with Gasteiger partial charge in [0.25, 0.3) is 5.91 Å². The van der Waals surface area contributed by atoms with E-state index < -0.39 is 6.04 Å². The van der Waals surface area contributed by atoms with Gasteiger partial charge in [0.15, 0.2) is 5.17 Å². The summed E-state index contributed by atoms with van der Waals surface area (Å²) >= 11 is 1.38. The molecular formula is C25H26N4O2S. The molecule has 0 spiro atoms. The normalized spacial score (nSPS) is 20.0. The number of anilines is 1. The van der Waals surface area contributed by atoms with Crippen LogP contribution in [0.4, 0.5) is 11.4 Å². The molecule has 0 unspecified atom stereocenters. The van der Waals surface area contributed by atoms with E-state index in [1.807, 2.05) is 68.1 Å². The number of rotatable bonds is 4. The summed E-state index contributed by atoms with van der Waals surface area (Å²) in [5, 5.41) is 0.209. The first-order valence-electron chi connectivity index (χ1n) is 11.2. The number of hydrogen-bond donors (Lipinski definition) is 0. The zero-order valence-electron chi connectivity index (χ0n) is 18.5. The average Bonchev–Trinajstić information content (AvgIpc) is 3.39. The van der Waals surface area contributed by atoms with Crippen molar-refractivity contribution >= 4 is 46.0 Å². The lowest BCUT2D eigenvalue weighted by Gasteiger charge is -2.29. The summed E-state index contributed by atoms with van der Waals surface area (Å²) in [7, 11) is 0. The quantitative estimate of drug-likeness (QED) is 0.699. The molecule has 3 aliphatic heterocycles. The Bertz CT molecular complexity index is 1160. The topological polar surface area (TPSA) is 65.3 Å². The van der Waals surface area contributed by atoms with Gasteiger partial charge in [-0.15, -0.1) is 0 Å². The number of nitrogens with zero attached hydrogens (tertiary/aromatic N) is 4. The average molecular weight is 447 g/mol. The molecule has 0 saturated heterocycles. The molecule has 2 aromatic carbocycles. The van der Waals surface area contributed by atoms with E-state index in [0.29, 0.717) is 24.0 Å². The second-order valence-electron chi connectivity index (χ2n) is 8.61. The lowest BCUT2D eigenvalue weighted by atomic mass is 10.1. The summed E-state index contributed by atoms with van der Waals surface area (Å²) in [6.07, 6.45) is 1.51. The summed E-state index contributed by atoms with van der Waals surface area (Å²) in [5.74, 6) is 0.735. The summed E-state index contributed by atoms with van der Waals surface area (Å²) in [6.45, 7) is 6.70. The Morgan fingerprint density at radius 2 is 1.91 bits per heavy atom. The third kappa shape index (κ3) is 3.35. The highest BCUT2D eigenvalue weighted by Gasteiger charge is 2.43. The Balaban J connectivity index is 1.47. The molecule has 0 radical (unpaired) electrons. The number of benzene rings is 2. The van der Waals surface area contributed by atoms with Crippen molar-refractivity contribution in [2.45, 2.75) is 44.9 Å². The molecule has 0 aromatic heterocycles. The molecule has 2 aromatic rings. The number of amidine groups is 2. The van der Waals surface area contributed by atoms with Crippen LogP contribution in [0.5, 0.6) is 0 Å². The molecule has 32 heavy (non-hydrogen) atoms. The fourth-order valence-corrected chi connectivity index (χ4v) is 5.54. The minimum Gasteiger partial charge on any atom is -0.311 e. The third-order valence-corrected chi connectivity index (χ3v) is 7.48.